The third-order valence-electron chi connectivity index (χ3n) is 3.75. The molecule has 0 fully saturated rings. The van der Waals surface area contributed by atoms with Crippen LogP contribution in [0.2, 0.25) is 0 Å². The minimum atomic E-state index is -0.103. The molecule has 0 saturated heterocycles. The molecule has 0 aliphatic carbocycles. The molecule has 1 amide bonds. The lowest BCUT2D eigenvalue weighted by Crippen LogP contribution is -2.13. The van der Waals surface area contributed by atoms with Crippen molar-refractivity contribution in [3.05, 3.63) is 69.6 Å². The van der Waals surface area contributed by atoms with E-state index in [9.17, 15) is 4.79 Å². The predicted octanol–water partition coefficient (Wildman–Crippen LogP) is 4.75. The molecule has 0 spiro atoms. The van der Waals surface area contributed by atoms with E-state index in [1.165, 1.54) is 17.3 Å². The smallest absolute Gasteiger partial charge is 0.277 e. The number of nitrogens with zero attached hydrogens (tertiary/aromatic N) is 2. The fraction of sp³-hybridized carbons (Fsp3) is 0.211. The van der Waals surface area contributed by atoms with E-state index in [-0.39, 0.29) is 11.7 Å². The molecule has 1 heterocycles. The molecule has 3 aromatic rings. The summed E-state index contributed by atoms with van der Waals surface area (Å²) in [5.41, 5.74) is 2.01. The van der Waals surface area contributed by atoms with Crippen LogP contribution in [0.4, 0.5) is 5.69 Å². The minimum Gasteiger partial charge on any atom is -0.416 e. The Morgan fingerprint density at radius 1 is 1.15 bits per heavy atom. The summed E-state index contributed by atoms with van der Waals surface area (Å²) in [5.74, 6) is 0.996. The molecular weight excluding hydrogens is 461 g/mol. The molecule has 1 aromatic heterocycles. The van der Waals surface area contributed by atoms with Gasteiger partial charge in [-0.15, -0.1) is 10.2 Å². The molecule has 0 aliphatic heterocycles. The molecule has 134 valence electrons. The number of carbonyl (C=O) groups excluding carboxylic acids is 1. The average Bonchev–Trinajstić information content (AvgIpc) is 3.10. The number of benzene rings is 2. The van der Waals surface area contributed by atoms with Crippen molar-refractivity contribution in [2.45, 2.75) is 24.5 Å². The van der Waals surface area contributed by atoms with E-state index in [4.69, 9.17) is 4.42 Å². The zero-order valence-corrected chi connectivity index (χ0v) is 17.2. The van der Waals surface area contributed by atoms with E-state index in [1.54, 1.807) is 0 Å². The van der Waals surface area contributed by atoms with E-state index in [0.29, 0.717) is 23.5 Å². The van der Waals surface area contributed by atoms with Crippen molar-refractivity contribution in [2.24, 2.45) is 0 Å². The van der Waals surface area contributed by atoms with Crippen LogP contribution in [-0.4, -0.2) is 21.9 Å². The molecule has 1 atom stereocenters. The van der Waals surface area contributed by atoms with Gasteiger partial charge in [-0.3, -0.25) is 4.79 Å². The van der Waals surface area contributed by atoms with Crippen molar-refractivity contribution < 1.29 is 9.21 Å². The van der Waals surface area contributed by atoms with Crippen LogP contribution in [-0.2, 0) is 11.2 Å². The Hall–Kier alpha value is -1.87. The summed E-state index contributed by atoms with van der Waals surface area (Å²) >= 11 is 3.46. The average molecular weight is 479 g/mol. The highest BCUT2D eigenvalue weighted by atomic mass is 127. The maximum atomic E-state index is 12.0. The van der Waals surface area contributed by atoms with Gasteiger partial charge in [-0.2, -0.15) is 0 Å². The zero-order valence-electron chi connectivity index (χ0n) is 14.2. The Balaban J connectivity index is 1.49. The van der Waals surface area contributed by atoms with Crippen LogP contribution in [0, 0.1) is 3.57 Å². The van der Waals surface area contributed by atoms with Gasteiger partial charge in [0.05, 0.1) is 5.75 Å². The number of halogens is 1. The number of hydrogen-bond donors (Lipinski definition) is 1. The zero-order chi connectivity index (χ0) is 18.4. The third-order valence-corrected chi connectivity index (χ3v) is 5.29. The predicted molar refractivity (Wildman–Crippen MR) is 111 cm³/mol. The van der Waals surface area contributed by atoms with Gasteiger partial charge in [-0.05, 0) is 58.3 Å². The summed E-state index contributed by atoms with van der Waals surface area (Å²) in [5, 5.41) is 11.4. The van der Waals surface area contributed by atoms with Crippen LogP contribution in [0.5, 0.6) is 0 Å². The lowest BCUT2D eigenvalue weighted by Gasteiger charge is -2.08. The van der Waals surface area contributed by atoms with Gasteiger partial charge in [0.15, 0.2) is 0 Å². The molecule has 3 rings (SSSR count). The van der Waals surface area contributed by atoms with Gasteiger partial charge < -0.3 is 9.73 Å². The van der Waals surface area contributed by atoms with Crippen molar-refractivity contribution in [1.29, 1.82) is 0 Å². The molecule has 5 nitrogen and oxygen atoms in total. The molecule has 0 bridgehead atoms. The first-order valence-electron chi connectivity index (χ1n) is 8.15. The molecular formula is C19H18IN3O2S. The van der Waals surface area contributed by atoms with Crippen LogP contribution in [0.1, 0.15) is 24.3 Å². The molecule has 1 N–H and O–H groups in total. The van der Waals surface area contributed by atoms with Gasteiger partial charge in [0.2, 0.25) is 11.8 Å². The van der Waals surface area contributed by atoms with Crippen molar-refractivity contribution in [3.63, 3.8) is 0 Å². The summed E-state index contributed by atoms with van der Waals surface area (Å²) in [6.45, 7) is 2.13. The van der Waals surface area contributed by atoms with Gasteiger partial charge in [0.1, 0.15) is 0 Å². The topological polar surface area (TPSA) is 68.0 Å². The lowest BCUT2D eigenvalue weighted by molar-refractivity contribution is -0.113. The van der Waals surface area contributed by atoms with Crippen LogP contribution in [0.3, 0.4) is 0 Å². The molecule has 0 saturated carbocycles. The molecule has 2 aromatic carbocycles. The monoisotopic (exact) mass is 479 g/mol. The quantitative estimate of drug-likeness (QED) is 0.391. The summed E-state index contributed by atoms with van der Waals surface area (Å²) in [4.78, 5) is 12.0. The van der Waals surface area contributed by atoms with Crippen LogP contribution < -0.4 is 5.32 Å². The Morgan fingerprint density at radius 3 is 2.62 bits per heavy atom. The molecule has 26 heavy (non-hydrogen) atoms. The SMILES string of the molecule is CC(Cc1nnc(SCC(=O)Nc2ccc(I)cc2)o1)c1ccccc1. The lowest BCUT2D eigenvalue weighted by atomic mass is 9.98. The van der Waals surface area contributed by atoms with Crippen molar-refractivity contribution in [1.82, 2.24) is 10.2 Å². The number of anilines is 1. The number of nitrogens with one attached hydrogen (secondary N) is 1. The summed E-state index contributed by atoms with van der Waals surface area (Å²) in [6, 6.07) is 17.9. The number of thioether (sulfide) groups is 1. The van der Waals surface area contributed by atoms with Crippen molar-refractivity contribution in [2.75, 3.05) is 11.1 Å². The second-order valence-electron chi connectivity index (χ2n) is 5.82. The maximum absolute atomic E-state index is 12.0. The Morgan fingerprint density at radius 2 is 1.88 bits per heavy atom. The number of hydrogen-bond acceptors (Lipinski definition) is 5. The van der Waals surface area contributed by atoms with Crippen LogP contribution >= 0.6 is 34.4 Å². The van der Waals surface area contributed by atoms with Crippen LogP contribution in [0.25, 0.3) is 0 Å². The number of amides is 1. The number of carbonyl (C=O) groups is 1. The normalized spacial score (nSPS) is 11.9. The standard InChI is InChI=1S/C19H18IN3O2S/c1-13(14-5-3-2-4-6-14)11-18-22-23-19(25-18)26-12-17(24)21-16-9-7-15(20)8-10-16/h2-10,13H,11-12H2,1H3,(H,21,24). The molecule has 7 heteroatoms. The summed E-state index contributed by atoms with van der Waals surface area (Å²) in [7, 11) is 0. The Kier molecular flexibility index (Phi) is 6.67. The van der Waals surface area contributed by atoms with E-state index >= 15 is 0 Å². The van der Waals surface area contributed by atoms with E-state index in [2.05, 4.69) is 57.2 Å². The third kappa shape index (κ3) is 5.57. The Labute approximate surface area is 170 Å². The van der Waals surface area contributed by atoms with E-state index in [1.807, 2.05) is 42.5 Å². The fourth-order valence-electron chi connectivity index (χ4n) is 2.40. The second kappa shape index (κ2) is 9.18. The maximum Gasteiger partial charge on any atom is 0.277 e. The van der Waals surface area contributed by atoms with Crippen LogP contribution in [0.15, 0.2) is 64.2 Å². The molecule has 0 aliphatic rings. The molecule has 0 radical (unpaired) electrons. The summed E-state index contributed by atoms with van der Waals surface area (Å²) in [6.07, 6.45) is 0.673. The fourth-order valence-corrected chi connectivity index (χ4v) is 3.34. The van der Waals surface area contributed by atoms with Gasteiger partial charge in [0.25, 0.3) is 5.22 Å². The highest BCUT2D eigenvalue weighted by Gasteiger charge is 2.13. The molecule has 1 unspecified atom stereocenters. The van der Waals surface area contributed by atoms with Crippen molar-refractivity contribution >= 4 is 45.9 Å². The number of rotatable bonds is 7. The first kappa shape index (κ1) is 18.9. The highest BCUT2D eigenvalue weighted by molar-refractivity contribution is 14.1. The second-order valence-corrected chi connectivity index (χ2v) is 7.99. The summed E-state index contributed by atoms with van der Waals surface area (Å²) < 4.78 is 6.78. The highest BCUT2D eigenvalue weighted by Crippen LogP contribution is 2.22. The number of aromatic nitrogens is 2. The first-order valence-corrected chi connectivity index (χ1v) is 10.2. The Bertz CT molecular complexity index is 853. The van der Waals surface area contributed by atoms with Gasteiger partial charge in [-0.1, -0.05) is 49.0 Å². The van der Waals surface area contributed by atoms with Gasteiger partial charge in [-0.25, -0.2) is 0 Å². The van der Waals surface area contributed by atoms with Gasteiger partial charge in [0, 0.05) is 15.7 Å². The first-order chi connectivity index (χ1) is 12.6. The minimum absolute atomic E-state index is 0.103. The van der Waals surface area contributed by atoms with Gasteiger partial charge >= 0.3 is 0 Å². The van der Waals surface area contributed by atoms with E-state index in [0.717, 1.165) is 9.26 Å². The van der Waals surface area contributed by atoms with E-state index < -0.39 is 0 Å². The van der Waals surface area contributed by atoms with Crippen molar-refractivity contribution in [3.8, 4) is 0 Å². The largest absolute Gasteiger partial charge is 0.416 e.